The third kappa shape index (κ3) is 3.09. The Bertz CT molecular complexity index is 453. The normalized spacial score (nSPS) is 23.1. The van der Waals surface area contributed by atoms with Gasteiger partial charge in [0.15, 0.2) is 0 Å². The standard InChI is InChI=1S/C16H22O3/c1-3-19-15-9-8-12(10-11(15)2)13-6-4-5-7-14(13)16(17)18/h8-10,13-14H,3-7H2,1-2H3,(H,17,18). The first-order valence-electron chi connectivity index (χ1n) is 7.09. The molecule has 0 aromatic heterocycles. The maximum Gasteiger partial charge on any atom is 0.307 e. The van der Waals surface area contributed by atoms with Gasteiger partial charge in [0.2, 0.25) is 0 Å². The Morgan fingerprint density at radius 2 is 2.11 bits per heavy atom. The molecule has 1 aliphatic rings. The van der Waals surface area contributed by atoms with Gasteiger partial charge in [-0.3, -0.25) is 4.79 Å². The Kier molecular flexibility index (Phi) is 4.46. The average Bonchev–Trinajstić information content (AvgIpc) is 2.41. The van der Waals surface area contributed by atoms with Gasteiger partial charge < -0.3 is 9.84 Å². The minimum atomic E-state index is -0.656. The lowest BCUT2D eigenvalue weighted by molar-refractivity contribution is -0.143. The summed E-state index contributed by atoms with van der Waals surface area (Å²) in [5, 5.41) is 9.35. The van der Waals surface area contributed by atoms with Crippen molar-refractivity contribution in [2.45, 2.75) is 45.4 Å². The molecule has 2 unspecified atom stereocenters. The van der Waals surface area contributed by atoms with Crippen LogP contribution in [-0.2, 0) is 4.79 Å². The first-order valence-corrected chi connectivity index (χ1v) is 7.09. The van der Waals surface area contributed by atoms with E-state index < -0.39 is 5.97 Å². The second-order valence-corrected chi connectivity index (χ2v) is 5.29. The molecule has 1 aromatic carbocycles. The molecule has 3 nitrogen and oxygen atoms in total. The SMILES string of the molecule is CCOc1ccc(C2CCCCC2C(=O)O)cc1C. The molecule has 1 fully saturated rings. The molecule has 1 N–H and O–H groups in total. The number of aryl methyl sites for hydroxylation is 1. The van der Waals surface area contributed by atoms with Crippen molar-refractivity contribution in [3.05, 3.63) is 29.3 Å². The highest BCUT2D eigenvalue weighted by Gasteiger charge is 2.31. The smallest absolute Gasteiger partial charge is 0.307 e. The number of aliphatic carboxylic acids is 1. The van der Waals surface area contributed by atoms with Crippen LogP contribution in [0.25, 0.3) is 0 Å². The molecule has 0 radical (unpaired) electrons. The van der Waals surface area contributed by atoms with E-state index in [2.05, 4.69) is 6.07 Å². The molecule has 0 bridgehead atoms. The second-order valence-electron chi connectivity index (χ2n) is 5.29. The van der Waals surface area contributed by atoms with Gasteiger partial charge in [0.25, 0.3) is 0 Å². The van der Waals surface area contributed by atoms with Crippen molar-refractivity contribution in [2.24, 2.45) is 5.92 Å². The fourth-order valence-corrected chi connectivity index (χ4v) is 3.05. The van der Waals surface area contributed by atoms with E-state index in [9.17, 15) is 9.90 Å². The van der Waals surface area contributed by atoms with Crippen molar-refractivity contribution in [1.29, 1.82) is 0 Å². The van der Waals surface area contributed by atoms with Gasteiger partial charge in [-0.25, -0.2) is 0 Å². The van der Waals surface area contributed by atoms with Gasteiger partial charge in [0.1, 0.15) is 5.75 Å². The van der Waals surface area contributed by atoms with Crippen LogP contribution in [0.2, 0.25) is 0 Å². The molecule has 19 heavy (non-hydrogen) atoms. The zero-order valence-corrected chi connectivity index (χ0v) is 11.7. The van der Waals surface area contributed by atoms with Crippen LogP contribution < -0.4 is 4.74 Å². The number of carboxylic acid groups (broad SMARTS) is 1. The van der Waals surface area contributed by atoms with E-state index in [4.69, 9.17) is 4.74 Å². The Balaban J connectivity index is 2.24. The summed E-state index contributed by atoms with van der Waals surface area (Å²) < 4.78 is 5.54. The molecule has 1 saturated carbocycles. The molecule has 2 rings (SSSR count). The Morgan fingerprint density at radius 1 is 1.37 bits per heavy atom. The summed E-state index contributed by atoms with van der Waals surface area (Å²) in [7, 11) is 0. The minimum Gasteiger partial charge on any atom is -0.494 e. The van der Waals surface area contributed by atoms with E-state index in [1.807, 2.05) is 26.0 Å². The van der Waals surface area contributed by atoms with Crippen LogP contribution in [0.3, 0.4) is 0 Å². The topological polar surface area (TPSA) is 46.5 Å². The Labute approximate surface area is 114 Å². The third-order valence-electron chi connectivity index (χ3n) is 4.01. The van der Waals surface area contributed by atoms with Crippen LogP contribution in [0.4, 0.5) is 0 Å². The van der Waals surface area contributed by atoms with E-state index in [0.29, 0.717) is 6.61 Å². The average molecular weight is 262 g/mol. The molecular formula is C16H22O3. The predicted molar refractivity (Wildman–Crippen MR) is 74.7 cm³/mol. The largest absolute Gasteiger partial charge is 0.494 e. The van der Waals surface area contributed by atoms with Gasteiger partial charge in [-0.2, -0.15) is 0 Å². The molecule has 0 aliphatic heterocycles. The van der Waals surface area contributed by atoms with Crippen LogP contribution in [0.15, 0.2) is 18.2 Å². The monoisotopic (exact) mass is 262 g/mol. The van der Waals surface area contributed by atoms with Crippen molar-refractivity contribution in [1.82, 2.24) is 0 Å². The number of benzene rings is 1. The van der Waals surface area contributed by atoms with Crippen LogP contribution in [-0.4, -0.2) is 17.7 Å². The van der Waals surface area contributed by atoms with Gasteiger partial charge >= 0.3 is 5.97 Å². The zero-order chi connectivity index (χ0) is 13.8. The molecule has 104 valence electrons. The lowest BCUT2D eigenvalue weighted by Gasteiger charge is -2.29. The molecule has 0 saturated heterocycles. The van der Waals surface area contributed by atoms with Gasteiger partial charge in [-0.05, 0) is 49.8 Å². The summed E-state index contributed by atoms with van der Waals surface area (Å²) in [4.78, 5) is 11.4. The van der Waals surface area contributed by atoms with Gasteiger partial charge in [-0.15, -0.1) is 0 Å². The minimum absolute atomic E-state index is 0.153. The molecule has 1 aliphatic carbocycles. The molecule has 0 heterocycles. The van der Waals surface area contributed by atoms with Crippen molar-refractivity contribution < 1.29 is 14.6 Å². The predicted octanol–water partition coefficient (Wildman–Crippen LogP) is 3.75. The number of rotatable bonds is 4. The van der Waals surface area contributed by atoms with E-state index in [1.165, 1.54) is 0 Å². The highest BCUT2D eigenvalue weighted by atomic mass is 16.5. The fourth-order valence-electron chi connectivity index (χ4n) is 3.05. The van der Waals surface area contributed by atoms with Gasteiger partial charge in [0.05, 0.1) is 12.5 Å². The van der Waals surface area contributed by atoms with Crippen molar-refractivity contribution in [3.8, 4) is 5.75 Å². The summed E-state index contributed by atoms with van der Waals surface area (Å²) in [5.41, 5.74) is 2.24. The molecule has 3 heteroatoms. The number of hydrogen-bond donors (Lipinski definition) is 1. The fraction of sp³-hybridized carbons (Fsp3) is 0.562. The number of ether oxygens (including phenoxy) is 1. The molecule has 0 amide bonds. The van der Waals surface area contributed by atoms with Crippen LogP contribution in [0.5, 0.6) is 5.75 Å². The molecule has 1 aromatic rings. The van der Waals surface area contributed by atoms with E-state index in [-0.39, 0.29) is 11.8 Å². The summed E-state index contributed by atoms with van der Waals surface area (Å²) in [5.74, 6) is 0.164. The first-order chi connectivity index (χ1) is 9.13. The molecule has 0 spiro atoms. The summed E-state index contributed by atoms with van der Waals surface area (Å²) in [6.07, 6.45) is 3.93. The quantitative estimate of drug-likeness (QED) is 0.898. The number of hydrogen-bond acceptors (Lipinski definition) is 2. The molecule has 2 atom stereocenters. The summed E-state index contributed by atoms with van der Waals surface area (Å²) >= 11 is 0. The third-order valence-corrected chi connectivity index (χ3v) is 4.01. The highest BCUT2D eigenvalue weighted by Crippen LogP contribution is 2.39. The van der Waals surface area contributed by atoms with Crippen molar-refractivity contribution in [2.75, 3.05) is 6.61 Å². The zero-order valence-electron chi connectivity index (χ0n) is 11.7. The van der Waals surface area contributed by atoms with Crippen molar-refractivity contribution >= 4 is 5.97 Å². The van der Waals surface area contributed by atoms with Crippen molar-refractivity contribution in [3.63, 3.8) is 0 Å². The Hall–Kier alpha value is -1.51. The maximum atomic E-state index is 11.4. The lowest BCUT2D eigenvalue weighted by Crippen LogP contribution is -2.25. The first kappa shape index (κ1) is 13.9. The van der Waals surface area contributed by atoms with Crippen LogP contribution >= 0.6 is 0 Å². The lowest BCUT2D eigenvalue weighted by atomic mass is 9.75. The van der Waals surface area contributed by atoms with E-state index >= 15 is 0 Å². The second kappa shape index (κ2) is 6.09. The number of carboxylic acids is 1. The number of carbonyl (C=O) groups is 1. The van der Waals surface area contributed by atoms with Gasteiger partial charge in [0, 0.05) is 0 Å². The summed E-state index contributed by atoms with van der Waals surface area (Å²) in [6, 6.07) is 6.10. The highest BCUT2D eigenvalue weighted by molar-refractivity contribution is 5.71. The summed E-state index contributed by atoms with van der Waals surface area (Å²) in [6.45, 7) is 4.64. The maximum absolute atomic E-state index is 11.4. The molecular weight excluding hydrogens is 240 g/mol. The van der Waals surface area contributed by atoms with Crippen LogP contribution in [0.1, 0.15) is 49.7 Å². The van der Waals surface area contributed by atoms with E-state index in [1.54, 1.807) is 0 Å². The van der Waals surface area contributed by atoms with E-state index in [0.717, 1.165) is 42.6 Å². The van der Waals surface area contributed by atoms with Crippen LogP contribution in [0, 0.1) is 12.8 Å². The Morgan fingerprint density at radius 3 is 2.74 bits per heavy atom. The van der Waals surface area contributed by atoms with Gasteiger partial charge in [-0.1, -0.05) is 25.0 Å².